The first kappa shape index (κ1) is 14.8. The predicted molar refractivity (Wildman–Crippen MR) is 67.9 cm³/mol. The minimum Gasteiger partial charge on any atom is -0.333 e. The number of anilines is 1. The van der Waals surface area contributed by atoms with Gasteiger partial charge in [0.15, 0.2) is 5.69 Å². The van der Waals surface area contributed by atoms with Gasteiger partial charge in [0.2, 0.25) is 11.9 Å². The fraction of sp³-hybridized carbons (Fsp3) is 0.500. The van der Waals surface area contributed by atoms with Gasteiger partial charge in [-0.15, -0.1) is 0 Å². The van der Waals surface area contributed by atoms with Crippen molar-refractivity contribution in [3.8, 4) is 0 Å². The molecular formula is C10H10BrF3N4O2. The lowest BCUT2D eigenvalue weighted by molar-refractivity contribution is -0.141. The molecule has 10 heteroatoms. The topological polar surface area (TPSA) is 81.2 Å². The summed E-state index contributed by atoms with van der Waals surface area (Å²) in [5.41, 5.74) is -2.44. The Morgan fingerprint density at radius 1 is 1.45 bits per heavy atom. The molecule has 0 aliphatic carbocycles. The highest BCUT2D eigenvalue weighted by molar-refractivity contribution is 9.09. The molecule has 1 saturated heterocycles. The summed E-state index contributed by atoms with van der Waals surface area (Å²) in [7, 11) is 0. The van der Waals surface area contributed by atoms with E-state index in [0.717, 1.165) is 4.90 Å². The van der Waals surface area contributed by atoms with Crippen LogP contribution >= 0.6 is 15.9 Å². The Bertz CT molecular complexity index is 601. The van der Waals surface area contributed by atoms with Crippen LogP contribution < -0.4 is 16.3 Å². The quantitative estimate of drug-likeness (QED) is 0.626. The van der Waals surface area contributed by atoms with Crippen LogP contribution in [0, 0.1) is 5.92 Å². The molecule has 1 atom stereocenters. The maximum absolute atomic E-state index is 12.6. The maximum atomic E-state index is 12.6. The molecule has 110 valence electrons. The molecule has 2 rings (SSSR count). The van der Waals surface area contributed by atoms with Gasteiger partial charge < -0.3 is 5.84 Å². The van der Waals surface area contributed by atoms with Crippen molar-refractivity contribution in [2.24, 2.45) is 5.92 Å². The summed E-state index contributed by atoms with van der Waals surface area (Å²) in [6.07, 6.45) is -4.61. The van der Waals surface area contributed by atoms with Crippen molar-refractivity contribution >= 4 is 27.8 Å². The third-order valence-electron chi connectivity index (χ3n) is 2.89. The Labute approximate surface area is 119 Å². The number of hydrogen-bond donors (Lipinski definition) is 1. The average molecular weight is 355 g/mol. The largest absolute Gasteiger partial charge is 0.433 e. The van der Waals surface area contributed by atoms with Gasteiger partial charge in [0.25, 0.3) is 5.56 Å². The van der Waals surface area contributed by atoms with Crippen LogP contribution in [0.1, 0.15) is 12.1 Å². The number of halogens is 4. The molecule has 2 heterocycles. The van der Waals surface area contributed by atoms with Crippen LogP contribution in [-0.4, -0.2) is 27.4 Å². The zero-order chi connectivity index (χ0) is 15.1. The van der Waals surface area contributed by atoms with Gasteiger partial charge in [-0.05, 0) is 5.92 Å². The second kappa shape index (κ2) is 5.08. The van der Waals surface area contributed by atoms with E-state index in [1.807, 2.05) is 0 Å². The number of carbonyl (C=O) groups is 1. The molecule has 2 N–H and O–H groups in total. The Kier molecular flexibility index (Phi) is 3.76. The maximum Gasteiger partial charge on any atom is 0.433 e. The summed E-state index contributed by atoms with van der Waals surface area (Å²) in [6.45, 7) is 0.162. The van der Waals surface area contributed by atoms with E-state index in [9.17, 15) is 22.8 Å². The van der Waals surface area contributed by atoms with Crippen LogP contribution in [0.4, 0.5) is 19.1 Å². The van der Waals surface area contributed by atoms with Crippen LogP contribution in [0.25, 0.3) is 0 Å². The molecule has 1 aromatic heterocycles. The standard InChI is InChI=1S/C10H10BrF3N4O2/c11-3-5-1-7(19)17(4-5)9-16-6(10(12,13)14)2-8(20)18(9)15/h2,5H,1,3-4,15H2. The zero-order valence-electron chi connectivity index (χ0n) is 10.0. The van der Waals surface area contributed by atoms with E-state index >= 15 is 0 Å². The number of nitrogens with two attached hydrogens (primary N) is 1. The molecular weight excluding hydrogens is 345 g/mol. The molecule has 0 radical (unpaired) electrons. The first-order valence-corrected chi connectivity index (χ1v) is 6.69. The van der Waals surface area contributed by atoms with Gasteiger partial charge in [-0.3, -0.25) is 14.5 Å². The summed E-state index contributed by atoms with van der Waals surface area (Å²) in [4.78, 5) is 27.6. The van der Waals surface area contributed by atoms with Crippen molar-refractivity contribution < 1.29 is 18.0 Å². The fourth-order valence-electron chi connectivity index (χ4n) is 1.89. The Morgan fingerprint density at radius 2 is 2.10 bits per heavy atom. The molecule has 1 aromatic rings. The molecule has 1 aliphatic heterocycles. The smallest absolute Gasteiger partial charge is 0.333 e. The normalized spacial score (nSPS) is 19.7. The number of hydrogen-bond acceptors (Lipinski definition) is 4. The number of nitrogen functional groups attached to an aromatic ring is 1. The average Bonchev–Trinajstić information content (AvgIpc) is 2.72. The number of aromatic nitrogens is 2. The molecule has 20 heavy (non-hydrogen) atoms. The van der Waals surface area contributed by atoms with Crippen LogP contribution in [0.2, 0.25) is 0 Å². The number of carbonyl (C=O) groups excluding carboxylic acids is 1. The highest BCUT2D eigenvalue weighted by atomic mass is 79.9. The molecule has 0 aromatic carbocycles. The minimum absolute atomic E-state index is 0.0612. The molecule has 1 amide bonds. The van der Waals surface area contributed by atoms with E-state index in [1.165, 1.54) is 0 Å². The van der Waals surface area contributed by atoms with E-state index in [1.54, 1.807) is 0 Å². The number of rotatable bonds is 2. The van der Waals surface area contributed by atoms with Gasteiger partial charge in [-0.1, -0.05) is 15.9 Å². The summed E-state index contributed by atoms with van der Waals surface area (Å²) in [6, 6.07) is 0.298. The van der Waals surface area contributed by atoms with Gasteiger partial charge in [0.1, 0.15) is 0 Å². The zero-order valence-corrected chi connectivity index (χ0v) is 11.6. The van der Waals surface area contributed by atoms with E-state index in [-0.39, 0.29) is 18.9 Å². The van der Waals surface area contributed by atoms with Crippen LogP contribution in [0.5, 0.6) is 0 Å². The van der Waals surface area contributed by atoms with Crippen molar-refractivity contribution in [1.29, 1.82) is 0 Å². The van der Waals surface area contributed by atoms with Gasteiger partial charge in [-0.2, -0.15) is 17.8 Å². The lowest BCUT2D eigenvalue weighted by Crippen LogP contribution is -2.38. The predicted octanol–water partition coefficient (Wildman–Crippen LogP) is 0.724. The van der Waals surface area contributed by atoms with Gasteiger partial charge in [0, 0.05) is 24.4 Å². The Balaban J connectivity index is 2.49. The summed E-state index contributed by atoms with van der Waals surface area (Å²) >= 11 is 3.20. The molecule has 1 fully saturated rings. The Hall–Kier alpha value is -1.58. The number of nitrogens with zero attached hydrogens (tertiary/aromatic N) is 3. The van der Waals surface area contributed by atoms with E-state index in [0.29, 0.717) is 16.1 Å². The highest BCUT2D eigenvalue weighted by Gasteiger charge is 2.37. The minimum atomic E-state index is -4.78. The number of alkyl halides is 4. The van der Waals surface area contributed by atoms with Crippen molar-refractivity contribution in [3.05, 3.63) is 22.1 Å². The summed E-state index contributed by atoms with van der Waals surface area (Å²) in [5.74, 6) is 4.43. The SMILES string of the molecule is Nn1c(N2CC(CBr)CC2=O)nc(C(F)(F)F)cc1=O. The summed E-state index contributed by atoms with van der Waals surface area (Å²) in [5, 5.41) is 0.517. The van der Waals surface area contributed by atoms with Crippen molar-refractivity contribution in [2.45, 2.75) is 12.6 Å². The summed E-state index contributed by atoms with van der Waals surface area (Å²) < 4.78 is 38.4. The molecule has 1 aliphatic rings. The number of amides is 1. The lowest BCUT2D eigenvalue weighted by Gasteiger charge is -2.19. The third-order valence-corrected chi connectivity index (χ3v) is 3.80. The van der Waals surface area contributed by atoms with Crippen molar-refractivity contribution in [1.82, 2.24) is 9.66 Å². The first-order chi connectivity index (χ1) is 9.24. The molecule has 0 saturated carbocycles. The van der Waals surface area contributed by atoms with Crippen LogP contribution in [-0.2, 0) is 11.0 Å². The third kappa shape index (κ3) is 2.65. The molecule has 1 unspecified atom stereocenters. The lowest BCUT2D eigenvalue weighted by atomic mass is 10.2. The van der Waals surface area contributed by atoms with Crippen molar-refractivity contribution in [2.75, 3.05) is 22.6 Å². The van der Waals surface area contributed by atoms with Gasteiger partial charge >= 0.3 is 6.18 Å². The van der Waals surface area contributed by atoms with Gasteiger partial charge in [-0.25, -0.2) is 4.98 Å². The van der Waals surface area contributed by atoms with Crippen molar-refractivity contribution in [3.63, 3.8) is 0 Å². The van der Waals surface area contributed by atoms with E-state index in [4.69, 9.17) is 5.84 Å². The molecule has 6 nitrogen and oxygen atoms in total. The molecule has 0 bridgehead atoms. The highest BCUT2D eigenvalue weighted by Crippen LogP contribution is 2.29. The second-order valence-electron chi connectivity index (χ2n) is 4.38. The van der Waals surface area contributed by atoms with E-state index in [2.05, 4.69) is 20.9 Å². The van der Waals surface area contributed by atoms with Crippen LogP contribution in [0.3, 0.4) is 0 Å². The second-order valence-corrected chi connectivity index (χ2v) is 5.02. The van der Waals surface area contributed by atoms with Gasteiger partial charge in [0.05, 0.1) is 0 Å². The first-order valence-electron chi connectivity index (χ1n) is 5.56. The Morgan fingerprint density at radius 3 is 2.60 bits per heavy atom. The van der Waals surface area contributed by atoms with E-state index < -0.39 is 29.3 Å². The fourth-order valence-corrected chi connectivity index (χ4v) is 2.33. The monoisotopic (exact) mass is 354 g/mol. The van der Waals surface area contributed by atoms with Crippen LogP contribution in [0.15, 0.2) is 10.9 Å². The molecule has 0 spiro atoms.